The van der Waals surface area contributed by atoms with Crippen LogP contribution in [0, 0.1) is 5.82 Å². The van der Waals surface area contributed by atoms with Crippen LogP contribution in [-0.4, -0.2) is 16.8 Å². The Morgan fingerprint density at radius 3 is 2.58 bits per heavy atom. The molecular weight excluding hydrogens is 159 g/mol. The Hall–Kier alpha value is -0.930. The topological polar surface area (TPSA) is 40.5 Å². The summed E-state index contributed by atoms with van der Waals surface area (Å²) < 4.78 is 12.8. The fourth-order valence-corrected chi connectivity index (χ4v) is 1.03. The van der Waals surface area contributed by atoms with E-state index in [0.29, 0.717) is 6.42 Å². The van der Waals surface area contributed by atoms with E-state index >= 15 is 0 Å². The molecule has 0 spiro atoms. The lowest BCUT2D eigenvalue weighted by molar-refractivity contribution is 0.275. The summed E-state index contributed by atoms with van der Waals surface area (Å²) in [6.45, 7) is -0.262. The van der Waals surface area contributed by atoms with Gasteiger partial charge < -0.3 is 10.2 Å². The molecule has 1 aromatic carbocycles. The molecule has 0 atom stereocenters. The third kappa shape index (κ3) is 2.03. The first-order valence-corrected chi connectivity index (χ1v) is 3.77. The third-order valence-electron chi connectivity index (χ3n) is 1.68. The van der Waals surface area contributed by atoms with Gasteiger partial charge in [0.2, 0.25) is 0 Å². The van der Waals surface area contributed by atoms with Gasteiger partial charge in [0.05, 0.1) is 6.61 Å². The quantitative estimate of drug-likeness (QED) is 0.706. The highest BCUT2D eigenvalue weighted by molar-refractivity contribution is 5.24. The summed E-state index contributed by atoms with van der Waals surface area (Å²) in [5, 5.41) is 17.3. The van der Waals surface area contributed by atoms with Crippen LogP contribution >= 0.6 is 0 Å². The van der Waals surface area contributed by atoms with Gasteiger partial charge in [-0.05, 0) is 18.1 Å². The van der Waals surface area contributed by atoms with Gasteiger partial charge in [-0.2, -0.15) is 0 Å². The van der Waals surface area contributed by atoms with E-state index in [1.54, 1.807) is 12.1 Å². The monoisotopic (exact) mass is 170 g/mol. The molecular formula is C9H11FO2. The van der Waals surface area contributed by atoms with Crippen molar-refractivity contribution >= 4 is 0 Å². The minimum atomic E-state index is -0.404. The molecule has 1 rings (SSSR count). The minimum absolute atomic E-state index is 0.0382. The molecule has 66 valence electrons. The Morgan fingerprint density at radius 2 is 2.00 bits per heavy atom. The van der Waals surface area contributed by atoms with Crippen molar-refractivity contribution in [3.8, 4) is 0 Å². The second kappa shape index (κ2) is 4.18. The number of aliphatic hydroxyl groups excluding tert-OH is 2. The van der Waals surface area contributed by atoms with Crippen molar-refractivity contribution in [3.63, 3.8) is 0 Å². The first kappa shape index (κ1) is 9.16. The molecule has 0 radical (unpaired) electrons. The second-order valence-electron chi connectivity index (χ2n) is 2.56. The minimum Gasteiger partial charge on any atom is -0.396 e. The molecule has 0 saturated carbocycles. The van der Waals surface area contributed by atoms with Crippen molar-refractivity contribution in [1.29, 1.82) is 0 Å². The second-order valence-corrected chi connectivity index (χ2v) is 2.56. The van der Waals surface area contributed by atoms with Gasteiger partial charge in [0.25, 0.3) is 0 Å². The van der Waals surface area contributed by atoms with Crippen molar-refractivity contribution in [3.05, 3.63) is 35.1 Å². The lowest BCUT2D eigenvalue weighted by atomic mass is 10.1. The van der Waals surface area contributed by atoms with Crippen LogP contribution in [0.2, 0.25) is 0 Å². The normalized spacial score (nSPS) is 10.2. The molecule has 2 N–H and O–H groups in total. The molecule has 0 amide bonds. The smallest absolute Gasteiger partial charge is 0.128 e. The molecule has 12 heavy (non-hydrogen) atoms. The molecule has 3 heteroatoms. The Labute approximate surface area is 70.3 Å². The summed E-state index contributed by atoms with van der Waals surface area (Å²) in [6, 6.07) is 4.47. The maximum absolute atomic E-state index is 12.8. The standard InChI is InChI=1S/C9H11FO2/c10-9-2-1-7(3-4-11)5-8(9)6-12/h1-2,5,11-12H,3-4,6H2. The first-order chi connectivity index (χ1) is 5.77. The largest absolute Gasteiger partial charge is 0.396 e. The van der Waals surface area contributed by atoms with E-state index in [-0.39, 0.29) is 18.8 Å². The van der Waals surface area contributed by atoms with Gasteiger partial charge in [-0.1, -0.05) is 12.1 Å². The molecule has 0 aliphatic rings. The molecule has 0 saturated heterocycles. The average Bonchev–Trinajstić information content (AvgIpc) is 2.09. The van der Waals surface area contributed by atoms with Crippen molar-refractivity contribution in [2.45, 2.75) is 13.0 Å². The van der Waals surface area contributed by atoms with Crippen LogP contribution in [0.25, 0.3) is 0 Å². The fraction of sp³-hybridized carbons (Fsp3) is 0.333. The van der Waals surface area contributed by atoms with Crippen LogP contribution < -0.4 is 0 Å². The van der Waals surface area contributed by atoms with Gasteiger partial charge in [-0.15, -0.1) is 0 Å². The van der Waals surface area contributed by atoms with E-state index < -0.39 is 5.82 Å². The van der Waals surface area contributed by atoms with Crippen molar-refractivity contribution in [2.75, 3.05) is 6.61 Å². The predicted molar refractivity (Wildman–Crippen MR) is 43.1 cm³/mol. The van der Waals surface area contributed by atoms with E-state index in [2.05, 4.69) is 0 Å². The molecule has 0 bridgehead atoms. The van der Waals surface area contributed by atoms with Crippen LogP contribution in [0.1, 0.15) is 11.1 Å². The number of aliphatic hydroxyl groups is 2. The Kier molecular flexibility index (Phi) is 3.19. The van der Waals surface area contributed by atoms with E-state index in [4.69, 9.17) is 10.2 Å². The molecule has 1 aromatic rings. The van der Waals surface area contributed by atoms with Gasteiger partial charge in [0, 0.05) is 12.2 Å². The van der Waals surface area contributed by atoms with Crippen LogP contribution in [-0.2, 0) is 13.0 Å². The van der Waals surface area contributed by atoms with Crippen LogP contribution in [0.15, 0.2) is 18.2 Å². The summed E-state index contributed by atoms with van der Waals surface area (Å²) >= 11 is 0. The maximum atomic E-state index is 12.8. The summed E-state index contributed by atoms with van der Waals surface area (Å²) in [5.41, 5.74) is 1.11. The molecule has 0 aromatic heterocycles. The number of benzene rings is 1. The maximum Gasteiger partial charge on any atom is 0.128 e. The Bertz CT molecular complexity index is 261. The summed E-state index contributed by atoms with van der Waals surface area (Å²) in [6.07, 6.45) is 0.493. The zero-order chi connectivity index (χ0) is 8.97. The van der Waals surface area contributed by atoms with E-state index in [1.165, 1.54) is 6.07 Å². The van der Waals surface area contributed by atoms with Gasteiger partial charge in [0.15, 0.2) is 0 Å². The first-order valence-electron chi connectivity index (χ1n) is 3.77. The molecule has 0 unspecified atom stereocenters. The lowest BCUT2D eigenvalue weighted by Gasteiger charge is -2.02. The van der Waals surface area contributed by atoms with Gasteiger partial charge in [-0.3, -0.25) is 0 Å². The molecule has 0 aliphatic heterocycles. The third-order valence-corrected chi connectivity index (χ3v) is 1.68. The van der Waals surface area contributed by atoms with E-state index in [9.17, 15) is 4.39 Å². The van der Waals surface area contributed by atoms with Gasteiger partial charge in [-0.25, -0.2) is 4.39 Å². The Morgan fingerprint density at radius 1 is 1.25 bits per heavy atom. The fourth-order valence-electron chi connectivity index (χ4n) is 1.03. The Balaban J connectivity index is 2.89. The van der Waals surface area contributed by atoms with Crippen LogP contribution in [0.3, 0.4) is 0 Å². The van der Waals surface area contributed by atoms with Gasteiger partial charge in [0.1, 0.15) is 5.82 Å². The van der Waals surface area contributed by atoms with Crippen LogP contribution in [0.4, 0.5) is 4.39 Å². The van der Waals surface area contributed by atoms with Gasteiger partial charge >= 0.3 is 0 Å². The summed E-state index contributed by atoms with van der Waals surface area (Å²) in [5.74, 6) is -0.404. The number of rotatable bonds is 3. The highest BCUT2D eigenvalue weighted by Gasteiger charge is 2.01. The zero-order valence-corrected chi connectivity index (χ0v) is 6.63. The highest BCUT2D eigenvalue weighted by atomic mass is 19.1. The molecule has 0 heterocycles. The van der Waals surface area contributed by atoms with E-state index in [1.807, 2.05) is 0 Å². The molecule has 2 nitrogen and oxygen atoms in total. The molecule has 0 fully saturated rings. The SMILES string of the molecule is OCCc1ccc(F)c(CO)c1. The lowest BCUT2D eigenvalue weighted by Crippen LogP contribution is -1.95. The summed E-state index contributed by atoms with van der Waals surface area (Å²) in [7, 11) is 0. The van der Waals surface area contributed by atoms with Crippen LogP contribution in [0.5, 0.6) is 0 Å². The summed E-state index contributed by atoms with van der Waals surface area (Å²) in [4.78, 5) is 0. The van der Waals surface area contributed by atoms with Crippen molar-refractivity contribution < 1.29 is 14.6 Å². The van der Waals surface area contributed by atoms with E-state index in [0.717, 1.165) is 5.56 Å². The predicted octanol–water partition coefficient (Wildman–Crippen LogP) is 0.853. The van der Waals surface area contributed by atoms with Crippen molar-refractivity contribution in [1.82, 2.24) is 0 Å². The number of halogens is 1. The number of hydrogen-bond donors (Lipinski definition) is 2. The molecule has 0 aliphatic carbocycles. The average molecular weight is 170 g/mol. The zero-order valence-electron chi connectivity index (χ0n) is 6.63. The highest BCUT2D eigenvalue weighted by Crippen LogP contribution is 2.10. The van der Waals surface area contributed by atoms with Crippen molar-refractivity contribution in [2.24, 2.45) is 0 Å². The number of hydrogen-bond acceptors (Lipinski definition) is 2.